The van der Waals surface area contributed by atoms with Crippen LogP contribution in [0.4, 0.5) is 5.69 Å². The standard InChI is InChI=1S/C20H22N2O4/c1-25-15-9-10-16-18(13-22(23)24)17-8-5-11-21(14-6-3-2-4-7-14)20(17)26-19(16)12-15/h2-4,6-7,9-10,12,17-18,20H,5,8,11,13H2,1H3. The van der Waals surface area contributed by atoms with Crippen molar-refractivity contribution in [2.45, 2.75) is 25.0 Å². The van der Waals surface area contributed by atoms with E-state index < -0.39 is 0 Å². The van der Waals surface area contributed by atoms with Crippen molar-refractivity contribution >= 4 is 5.69 Å². The summed E-state index contributed by atoms with van der Waals surface area (Å²) in [6, 6.07) is 15.7. The Morgan fingerprint density at radius 2 is 2.08 bits per heavy atom. The van der Waals surface area contributed by atoms with E-state index in [1.54, 1.807) is 7.11 Å². The van der Waals surface area contributed by atoms with Crippen LogP contribution in [-0.4, -0.2) is 31.4 Å². The number of benzene rings is 2. The second kappa shape index (κ2) is 6.86. The number of hydrogen-bond acceptors (Lipinski definition) is 5. The number of nitro groups is 1. The van der Waals surface area contributed by atoms with Crippen molar-refractivity contribution in [1.82, 2.24) is 0 Å². The van der Waals surface area contributed by atoms with Crippen LogP contribution in [0.3, 0.4) is 0 Å². The van der Waals surface area contributed by atoms with Crippen LogP contribution < -0.4 is 14.4 Å². The van der Waals surface area contributed by atoms with Gasteiger partial charge in [0.25, 0.3) is 0 Å². The van der Waals surface area contributed by atoms with Gasteiger partial charge >= 0.3 is 0 Å². The molecule has 26 heavy (non-hydrogen) atoms. The molecule has 0 amide bonds. The summed E-state index contributed by atoms with van der Waals surface area (Å²) in [5, 5.41) is 11.4. The van der Waals surface area contributed by atoms with Gasteiger partial charge in [-0.1, -0.05) is 24.3 Å². The lowest BCUT2D eigenvalue weighted by Gasteiger charge is -2.47. The first-order chi connectivity index (χ1) is 12.7. The molecule has 1 saturated heterocycles. The van der Waals surface area contributed by atoms with Crippen LogP contribution in [0.5, 0.6) is 11.5 Å². The van der Waals surface area contributed by atoms with Gasteiger partial charge in [-0.15, -0.1) is 0 Å². The average Bonchev–Trinajstić information content (AvgIpc) is 2.67. The van der Waals surface area contributed by atoms with Crippen LogP contribution in [0.1, 0.15) is 24.3 Å². The predicted octanol–water partition coefficient (Wildman–Crippen LogP) is 3.69. The number of ether oxygens (including phenoxy) is 2. The van der Waals surface area contributed by atoms with Crippen molar-refractivity contribution in [2.75, 3.05) is 25.1 Å². The highest BCUT2D eigenvalue weighted by Gasteiger charge is 2.45. The highest BCUT2D eigenvalue weighted by Crippen LogP contribution is 2.47. The van der Waals surface area contributed by atoms with Crippen LogP contribution >= 0.6 is 0 Å². The van der Waals surface area contributed by atoms with Gasteiger partial charge in [0.2, 0.25) is 6.54 Å². The minimum atomic E-state index is -0.206. The molecule has 6 nitrogen and oxygen atoms in total. The first-order valence-electron chi connectivity index (χ1n) is 8.95. The van der Waals surface area contributed by atoms with E-state index >= 15 is 0 Å². The first kappa shape index (κ1) is 16.7. The molecular formula is C20H22N2O4. The largest absolute Gasteiger partial charge is 0.497 e. The summed E-state index contributed by atoms with van der Waals surface area (Å²) in [5.74, 6) is 1.33. The molecule has 2 aromatic rings. The molecule has 1 fully saturated rings. The Labute approximate surface area is 152 Å². The average molecular weight is 354 g/mol. The second-order valence-electron chi connectivity index (χ2n) is 6.87. The third-order valence-corrected chi connectivity index (χ3v) is 5.43. The van der Waals surface area contributed by atoms with Gasteiger partial charge in [0.15, 0.2) is 6.23 Å². The molecular weight excluding hydrogens is 332 g/mol. The Morgan fingerprint density at radius 3 is 2.81 bits per heavy atom. The van der Waals surface area contributed by atoms with Crippen LogP contribution in [-0.2, 0) is 0 Å². The maximum atomic E-state index is 11.4. The smallest absolute Gasteiger partial charge is 0.211 e. The fourth-order valence-electron chi connectivity index (χ4n) is 4.25. The molecule has 2 heterocycles. The lowest BCUT2D eigenvalue weighted by atomic mass is 9.77. The molecule has 2 aromatic carbocycles. The zero-order valence-corrected chi connectivity index (χ0v) is 14.7. The molecule has 2 aliphatic heterocycles. The molecule has 0 saturated carbocycles. The number of hydrogen-bond donors (Lipinski definition) is 0. The number of methoxy groups -OCH3 is 1. The monoisotopic (exact) mass is 354 g/mol. The molecule has 0 aliphatic carbocycles. The Bertz CT molecular complexity index is 796. The molecule has 0 N–H and O–H groups in total. The maximum Gasteiger partial charge on any atom is 0.211 e. The highest BCUT2D eigenvalue weighted by atomic mass is 16.6. The van der Waals surface area contributed by atoms with E-state index in [0.717, 1.165) is 30.6 Å². The third-order valence-electron chi connectivity index (χ3n) is 5.43. The number of anilines is 1. The van der Waals surface area contributed by atoms with Gasteiger partial charge in [-0.25, -0.2) is 0 Å². The van der Waals surface area contributed by atoms with Gasteiger partial charge in [0.05, 0.1) is 13.0 Å². The zero-order valence-electron chi connectivity index (χ0n) is 14.7. The zero-order chi connectivity index (χ0) is 18.1. The van der Waals surface area contributed by atoms with Gasteiger partial charge in [-0.2, -0.15) is 0 Å². The lowest BCUT2D eigenvalue weighted by molar-refractivity contribution is -0.485. The molecule has 6 heteroatoms. The number of nitrogens with zero attached hydrogens (tertiary/aromatic N) is 2. The van der Waals surface area contributed by atoms with Gasteiger partial charge < -0.3 is 14.4 Å². The number of fused-ring (bicyclic) bond motifs is 2. The first-order valence-corrected chi connectivity index (χ1v) is 8.95. The van der Waals surface area contributed by atoms with Crippen molar-refractivity contribution in [2.24, 2.45) is 5.92 Å². The topological polar surface area (TPSA) is 64.8 Å². The highest BCUT2D eigenvalue weighted by molar-refractivity contribution is 5.50. The van der Waals surface area contributed by atoms with Crippen LogP contribution in [0.15, 0.2) is 48.5 Å². The summed E-state index contributed by atoms with van der Waals surface area (Å²) in [4.78, 5) is 13.4. The summed E-state index contributed by atoms with van der Waals surface area (Å²) in [5.41, 5.74) is 2.01. The van der Waals surface area contributed by atoms with Gasteiger partial charge in [0.1, 0.15) is 11.5 Å². The number of piperidine rings is 1. The fraction of sp³-hybridized carbons (Fsp3) is 0.400. The van der Waals surface area contributed by atoms with Crippen molar-refractivity contribution < 1.29 is 14.4 Å². The van der Waals surface area contributed by atoms with Crippen LogP contribution in [0, 0.1) is 16.0 Å². The number of rotatable bonds is 4. The summed E-state index contributed by atoms with van der Waals surface area (Å²) in [6.07, 6.45) is 1.73. The van der Waals surface area contributed by atoms with E-state index in [-0.39, 0.29) is 29.5 Å². The van der Waals surface area contributed by atoms with Crippen molar-refractivity contribution in [3.63, 3.8) is 0 Å². The lowest BCUT2D eigenvalue weighted by Crippen LogP contribution is -2.53. The minimum Gasteiger partial charge on any atom is -0.497 e. The summed E-state index contributed by atoms with van der Waals surface area (Å²) >= 11 is 0. The molecule has 3 unspecified atom stereocenters. The van der Waals surface area contributed by atoms with Gasteiger partial charge in [-0.3, -0.25) is 10.1 Å². The molecule has 136 valence electrons. The quantitative estimate of drug-likeness (QED) is 0.619. The molecule has 3 atom stereocenters. The van der Waals surface area contributed by atoms with E-state index in [2.05, 4.69) is 17.0 Å². The summed E-state index contributed by atoms with van der Waals surface area (Å²) in [6.45, 7) is 0.808. The van der Waals surface area contributed by atoms with Crippen molar-refractivity contribution in [1.29, 1.82) is 0 Å². The molecule has 0 spiro atoms. The SMILES string of the molecule is COc1ccc2c(c1)OC1C(CCCN1c1ccccc1)C2C[N+](=O)[O-]. The van der Waals surface area contributed by atoms with E-state index in [1.807, 2.05) is 36.4 Å². The van der Waals surface area contributed by atoms with Crippen molar-refractivity contribution in [3.05, 3.63) is 64.2 Å². The van der Waals surface area contributed by atoms with E-state index in [9.17, 15) is 10.1 Å². The van der Waals surface area contributed by atoms with Gasteiger partial charge in [0, 0.05) is 34.7 Å². The maximum absolute atomic E-state index is 11.4. The minimum absolute atomic E-state index is 0.0769. The second-order valence-corrected chi connectivity index (χ2v) is 6.87. The molecule has 0 bridgehead atoms. The van der Waals surface area contributed by atoms with E-state index in [0.29, 0.717) is 11.5 Å². The van der Waals surface area contributed by atoms with E-state index in [4.69, 9.17) is 9.47 Å². The molecule has 4 rings (SSSR count). The Kier molecular flexibility index (Phi) is 4.41. The van der Waals surface area contributed by atoms with E-state index in [1.165, 1.54) is 0 Å². The van der Waals surface area contributed by atoms with Crippen LogP contribution in [0.25, 0.3) is 0 Å². The molecule has 0 aromatic heterocycles. The van der Waals surface area contributed by atoms with Crippen molar-refractivity contribution in [3.8, 4) is 11.5 Å². The Balaban J connectivity index is 1.75. The predicted molar refractivity (Wildman–Crippen MR) is 98.5 cm³/mol. The van der Waals surface area contributed by atoms with Gasteiger partial charge in [-0.05, 0) is 31.0 Å². The fourth-order valence-corrected chi connectivity index (χ4v) is 4.25. The Hall–Kier alpha value is -2.76. The molecule has 0 radical (unpaired) electrons. The van der Waals surface area contributed by atoms with Crippen LogP contribution in [0.2, 0.25) is 0 Å². The normalized spacial score (nSPS) is 24.2. The summed E-state index contributed by atoms with van der Waals surface area (Å²) < 4.78 is 11.7. The number of para-hydroxylation sites is 1. The molecule has 2 aliphatic rings. The summed E-state index contributed by atoms with van der Waals surface area (Å²) in [7, 11) is 1.61. The third kappa shape index (κ3) is 2.96. The Morgan fingerprint density at radius 1 is 1.27 bits per heavy atom.